The van der Waals surface area contributed by atoms with Crippen LogP contribution in [0.4, 0.5) is 15.8 Å². The van der Waals surface area contributed by atoms with Crippen LogP contribution in [0.3, 0.4) is 0 Å². The van der Waals surface area contributed by atoms with Crippen molar-refractivity contribution in [2.75, 3.05) is 10.2 Å². The molecule has 1 saturated heterocycles. The average molecular weight is 344 g/mol. The monoisotopic (exact) mass is 344 g/mol. The Labute approximate surface area is 141 Å². The van der Waals surface area contributed by atoms with E-state index in [0.29, 0.717) is 0 Å². The van der Waals surface area contributed by atoms with Crippen LogP contribution in [-0.4, -0.2) is 34.0 Å². The first kappa shape index (κ1) is 16.4. The Morgan fingerprint density at radius 3 is 2.56 bits per heavy atom. The van der Waals surface area contributed by atoms with Crippen molar-refractivity contribution in [2.24, 2.45) is 0 Å². The van der Waals surface area contributed by atoms with Crippen molar-refractivity contribution in [3.63, 3.8) is 0 Å². The molecule has 2 aromatic rings. The molecule has 2 amide bonds. The summed E-state index contributed by atoms with van der Waals surface area (Å²) in [6, 6.07) is 8.20. The number of carboxylic acids is 1. The Morgan fingerprint density at radius 2 is 1.92 bits per heavy atom. The highest BCUT2D eigenvalue weighted by molar-refractivity contribution is 6.23. The van der Waals surface area contributed by atoms with Gasteiger partial charge in [-0.3, -0.25) is 9.59 Å². The largest absolute Gasteiger partial charge is 0.507 e. The molecule has 1 unspecified atom stereocenters. The van der Waals surface area contributed by atoms with Crippen molar-refractivity contribution in [3.8, 4) is 5.75 Å². The maximum Gasteiger partial charge on any atom is 0.339 e. The summed E-state index contributed by atoms with van der Waals surface area (Å²) in [5.74, 6) is -3.60. The van der Waals surface area contributed by atoms with E-state index in [0.717, 1.165) is 17.0 Å². The van der Waals surface area contributed by atoms with Crippen molar-refractivity contribution in [3.05, 3.63) is 53.8 Å². The van der Waals surface area contributed by atoms with Crippen LogP contribution in [0.2, 0.25) is 0 Å². The average Bonchev–Trinajstić information content (AvgIpc) is 2.83. The normalized spacial score (nSPS) is 17.0. The van der Waals surface area contributed by atoms with Crippen molar-refractivity contribution < 1.29 is 29.0 Å². The van der Waals surface area contributed by atoms with E-state index in [1.807, 2.05) is 0 Å². The fourth-order valence-electron chi connectivity index (χ4n) is 2.62. The van der Waals surface area contributed by atoms with Crippen molar-refractivity contribution >= 4 is 29.2 Å². The molecule has 0 saturated carbocycles. The Balaban J connectivity index is 1.86. The van der Waals surface area contributed by atoms with Gasteiger partial charge in [-0.25, -0.2) is 14.1 Å². The second-order valence-electron chi connectivity index (χ2n) is 5.45. The highest BCUT2D eigenvalue weighted by Gasteiger charge is 2.40. The third-order valence-electron chi connectivity index (χ3n) is 3.82. The van der Waals surface area contributed by atoms with Crippen LogP contribution in [0.5, 0.6) is 5.75 Å². The van der Waals surface area contributed by atoms with Gasteiger partial charge in [-0.1, -0.05) is 12.1 Å². The minimum atomic E-state index is -1.33. The number of nitrogens with one attached hydrogen (secondary N) is 1. The molecular weight excluding hydrogens is 331 g/mol. The number of carbonyl (C=O) groups is 3. The number of aromatic carboxylic acids is 1. The molecule has 0 aromatic heterocycles. The fourth-order valence-corrected chi connectivity index (χ4v) is 2.62. The van der Waals surface area contributed by atoms with Crippen LogP contribution in [0.25, 0.3) is 0 Å². The fraction of sp³-hybridized carbons (Fsp3) is 0.118. The molecule has 3 N–H and O–H groups in total. The summed E-state index contributed by atoms with van der Waals surface area (Å²) in [7, 11) is 0. The zero-order chi connectivity index (χ0) is 18.1. The predicted octanol–water partition coefficient (Wildman–Crippen LogP) is 1.97. The predicted molar refractivity (Wildman–Crippen MR) is 86.0 cm³/mol. The Kier molecular flexibility index (Phi) is 4.10. The topological polar surface area (TPSA) is 107 Å². The first-order valence-electron chi connectivity index (χ1n) is 7.32. The molecule has 0 bridgehead atoms. The molecule has 0 spiro atoms. The zero-order valence-electron chi connectivity index (χ0n) is 12.8. The number of amides is 2. The minimum absolute atomic E-state index is 0.0512. The van der Waals surface area contributed by atoms with Gasteiger partial charge < -0.3 is 15.5 Å². The van der Waals surface area contributed by atoms with Gasteiger partial charge in [0.15, 0.2) is 0 Å². The first-order chi connectivity index (χ1) is 11.9. The van der Waals surface area contributed by atoms with Gasteiger partial charge >= 0.3 is 5.97 Å². The molecule has 25 heavy (non-hydrogen) atoms. The van der Waals surface area contributed by atoms with Crippen molar-refractivity contribution in [2.45, 2.75) is 12.5 Å². The molecule has 8 heteroatoms. The molecule has 1 aliphatic rings. The third kappa shape index (κ3) is 3.01. The lowest BCUT2D eigenvalue weighted by atomic mass is 10.1. The summed E-state index contributed by atoms with van der Waals surface area (Å²) in [6.45, 7) is 0. The summed E-state index contributed by atoms with van der Waals surface area (Å²) in [4.78, 5) is 36.4. The zero-order valence-corrected chi connectivity index (χ0v) is 12.8. The van der Waals surface area contributed by atoms with Gasteiger partial charge in [0.2, 0.25) is 5.91 Å². The number of aromatic hydroxyl groups is 1. The van der Waals surface area contributed by atoms with E-state index in [1.165, 1.54) is 24.3 Å². The number of nitrogens with zero attached hydrogens (tertiary/aromatic N) is 1. The van der Waals surface area contributed by atoms with Gasteiger partial charge in [0.25, 0.3) is 5.91 Å². The maximum atomic E-state index is 13.7. The van der Waals surface area contributed by atoms with E-state index in [9.17, 15) is 23.9 Å². The number of carbonyl (C=O) groups excluding carboxylic acids is 2. The number of rotatable bonds is 4. The highest BCUT2D eigenvalue weighted by atomic mass is 19.1. The number of phenols is 1. The van der Waals surface area contributed by atoms with Crippen LogP contribution < -0.4 is 10.2 Å². The molecule has 1 aliphatic heterocycles. The molecule has 1 fully saturated rings. The summed E-state index contributed by atoms with van der Waals surface area (Å²) in [5.41, 5.74) is -0.196. The van der Waals surface area contributed by atoms with Gasteiger partial charge in [-0.15, -0.1) is 0 Å². The van der Waals surface area contributed by atoms with Crippen LogP contribution >= 0.6 is 0 Å². The number of hydrogen-bond acceptors (Lipinski definition) is 5. The van der Waals surface area contributed by atoms with Crippen molar-refractivity contribution in [1.29, 1.82) is 0 Å². The number of hydrogen-bond donors (Lipinski definition) is 3. The summed E-state index contributed by atoms with van der Waals surface area (Å²) < 4.78 is 13.7. The Hall–Kier alpha value is -3.42. The smallest absolute Gasteiger partial charge is 0.339 e. The van der Waals surface area contributed by atoms with Gasteiger partial charge in [0.1, 0.15) is 23.2 Å². The summed E-state index contributed by atoms with van der Waals surface area (Å²) in [6.07, 6.45) is -0.186. The molecule has 3 rings (SSSR count). The number of benzene rings is 2. The Morgan fingerprint density at radius 1 is 1.20 bits per heavy atom. The van der Waals surface area contributed by atoms with E-state index in [1.54, 1.807) is 6.07 Å². The van der Waals surface area contributed by atoms with Crippen LogP contribution in [-0.2, 0) is 9.59 Å². The van der Waals surface area contributed by atoms with E-state index in [-0.39, 0.29) is 23.4 Å². The third-order valence-corrected chi connectivity index (χ3v) is 3.82. The van der Waals surface area contributed by atoms with Gasteiger partial charge in [0.05, 0.1) is 17.8 Å². The molecule has 128 valence electrons. The molecular formula is C17H13FN2O5. The second-order valence-corrected chi connectivity index (χ2v) is 5.45. The van der Waals surface area contributed by atoms with E-state index >= 15 is 0 Å². The van der Waals surface area contributed by atoms with E-state index < -0.39 is 35.4 Å². The lowest BCUT2D eigenvalue weighted by Crippen LogP contribution is -2.35. The maximum absolute atomic E-state index is 13.7. The lowest BCUT2D eigenvalue weighted by Gasteiger charge is -2.17. The Bertz CT molecular complexity index is 883. The number of anilines is 2. The van der Waals surface area contributed by atoms with Gasteiger partial charge in [-0.2, -0.15) is 0 Å². The molecule has 1 heterocycles. The molecule has 0 aliphatic carbocycles. The quantitative estimate of drug-likeness (QED) is 0.732. The number of carboxylic acid groups (broad SMARTS) is 1. The van der Waals surface area contributed by atoms with Crippen LogP contribution in [0.15, 0.2) is 42.5 Å². The number of para-hydroxylation sites is 1. The van der Waals surface area contributed by atoms with Gasteiger partial charge in [0, 0.05) is 6.07 Å². The first-order valence-corrected chi connectivity index (χ1v) is 7.32. The van der Waals surface area contributed by atoms with E-state index in [2.05, 4.69) is 5.32 Å². The molecule has 7 nitrogen and oxygen atoms in total. The standard InChI is InChI=1S/C17H13FN2O5/c18-11-3-1-2-4-12(11)19-13-8-15(22)20(16(13)23)9-5-6-10(17(24)25)14(21)7-9/h1-7,13,19,21H,8H2,(H,24,25). The SMILES string of the molecule is O=C(O)c1ccc(N2C(=O)CC(Nc3ccccc3F)C2=O)cc1O. The summed E-state index contributed by atoms with van der Waals surface area (Å²) >= 11 is 0. The highest BCUT2D eigenvalue weighted by Crippen LogP contribution is 2.30. The van der Waals surface area contributed by atoms with Crippen LogP contribution in [0, 0.1) is 5.82 Å². The number of imide groups is 1. The molecule has 0 radical (unpaired) electrons. The number of halogens is 1. The van der Waals surface area contributed by atoms with Crippen molar-refractivity contribution in [1.82, 2.24) is 0 Å². The lowest BCUT2D eigenvalue weighted by molar-refractivity contribution is -0.121. The summed E-state index contributed by atoms with van der Waals surface area (Å²) in [5, 5.41) is 21.3. The second kappa shape index (κ2) is 6.23. The molecule has 2 aromatic carbocycles. The van der Waals surface area contributed by atoms with E-state index in [4.69, 9.17) is 5.11 Å². The van der Waals surface area contributed by atoms with Crippen LogP contribution in [0.1, 0.15) is 16.8 Å². The minimum Gasteiger partial charge on any atom is -0.507 e. The molecule has 1 atom stereocenters. The van der Waals surface area contributed by atoms with Gasteiger partial charge in [-0.05, 0) is 24.3 Å².